The second kappa shape index (κ2) is 7.09. The molecular weight excluding hydrogens is 380 g/mol. The fraction of sp³-hybridized carbons (Fsp3) is 0.0526. The third-order valence-electron chi connectivity index (χ3n) is 3.96. The first-order chi connectivity index (χ1) is 13.5. The topological polar surface area (TPSA) is 113 Å². The van der Waals surface area contributed by atoms with Gasteiger partial charge in [0.2, 0.25) is 6.79 Å². The number of nitriles is 1. The van der Waals surface area contributed by atoms with Crippen LogP contribution in [-0.2, 0) is 10.0 Å². The number of fused-ring (bicyclic) bond motifs is 1. The summed E-state index contributed by atoms with van der Waals surface area (Å²) in [5.74, 6) is 1.08. The molecule has 0 amide bonds. The molecule has 0 atom stereocenters. The quantitative estimate of drug-likeness (QED) is 0.683. The van der Waals surface area contributed by atoms with Crippen molar-refractivity contribution in [3.8, 4) is 17.6 Å². The second-order valence-electron chi connectivity index (χ2n) is 5.87. The molecule has 0 unspecified atom stereocenters. The number of rotatable bonds is 5. The Hall–Kier alpha value is -3.77. The number of nitrogens with zero attached hydrogens (tertiary/aromatic N) is 2. The Balaban J connectivity index is 1.47. The van der Waals surface area contributed by atoms with Crippen LogP contribution in [0.1, 0.15) is 5.56 Å². The van der Waals surface area contributed by atoms with Crippen molar-refractivity contribution in [3.63, 3.8) is 0 Å². The van der Waals surface area contributed by atoms with Gasteiger partial charge in [0.1, 0.15) is 5.82 Å². The molecule has 2 N–H and O–H groups in total. The van der Waals surface area contributed by atoms with E-state index in [0.29, 0.717) is 22.7 Å². The van der Waals surface area contributed by atoms with E-state index in [0.717, 1.165) is 5.69 Å². The van der Waals surface area contributed by atoms with Crippen LogP contribution in [-0.4, -0.2) is 20.2 Å². The number of sulfonamides is 1. The van der Waals surface area contributed by atoms with Crippen LogP contribution < -0.4 is 19.5 Å². The number of hydrogen-bond donors (Lipinski definition) is 2. The van der Waals surface area contributed by atoms with Gasteiger partial charge in [-0.25, -0.2) is 13.4 Å². The lowest BCUT2D eigenvalue weighted by molar-refractivity contribution is 0.174. The van der Waals surface area contributed by atoms with E-state index in [-0.39, 0.29) is 17.5 Å². The largest absolute Gasteiger partial charge is 0.454 e. The Morgan fingerprint density at radius 1 is 0.964 bits per heavy atom. The third-order valence-corrected chi connectivity index (χ3v) is 5.31. The van der Waals surface area contributed by atoms with Crippen LogP contribution in [0.2, 0.25) is 0 Å². The SMILES string of the molecule is N#Cc1ccc(Nc2ccc(NS(=O)(=O)c3ccc4c(c3)OCO4)nc2)cc1. The molecule has 1 aliphatic heterocycles. The maximum absolute atomic E-state index is 12.5. The molecule has 140 valence electrons. The Bertz CT molecular complexity index is 1150. The van der Waals surface area contributed by atoms with Crippen molar-refractivity contribution in [2.75, 3.05) is 16.8 Å². The first-order valence-corrected chi connectivity index (χ1v) is 9.67. The summed E-state index contributed by atoms with van der Waals surface area (Å²) in [6.45, 7) is 0.0710. The molecule has 0 radical (unpaired) electrons. The Morgan fingerprint density at radius 2 is 1.71 bits per heavy atom. The van der Waals surface area contributed by atoms with Gasteiger partial charge in [-0.2, -0.15) is 5.26 Å². The maximum atomic E-state index is 12.5. The molecule has 0 bridgehead atoms. The molecule has 0 saturated carbocycles. The minimum atomic E-state index is -3.81. The Labute approximate surface area is 161 Å². The van der Waals surface area contributed by atoms with Crippen molar-refractivity contribution >= 4 is 27.2 Å². The first kappa shape index (κ1) is 17.6. The van der Waals surface area contributed by atoms with Gasteiger partial charge in [-0.15, -0.1) is 0 Å². The van der Waals surface area contributed by atoms with E-state index in [9.17, 15) is 8.42 Å². The van der Waals surface area contributed by atoms with Gasteiger partial charge in [0.05, 0.1) is 28.4 Å². The predicted octanol–water partition coefficient (Wildman–Crippen LogP) is 3.23. The van der Waals surface area contributed by atoms with Crippen molar-refractivity contribution < 1.29 is 17.9 Å². The number of anilines is 3. The number of aromatic nitrogens is 1. The van der Waals surface area contributed by atoms with Crippen LogP contribution in [0.25, 0.3) is 0 Å². The summed E-state index contributed by atoms with van der Waals surface area (Å²) in [4.78, 5) is 4.18. The molecule has 3 aromatic rings. The van der Waals surface area contributed by atoms with Gasteiger partial charge < -0.3 is 14.8 Å². The van der Waals surface area contributed by atoms with Gasteiger partial charge in [0, 0.05) is 11.8 Å². The normalized spacial score (nSPS) is 12.2. The highest BCUT2D eigenvalue weighted by molar-refractivity contribution is 7.92. The highest BCUT2D eigenvalue weighted by Gasteiger charge is 2.20. The molecule has 28 heavy (non-hydrogen) atoms. The monoisotopic (exact) mass is 394 g/mol. The van der Waals surface area contributed by atoms with Crippen LogP contribution >= 0.6 is 0 Å². The molecule has 4 rings (SSSR count). The van der Waals surface area contributed by atoms with E-state index >= 15 is 0 Å². The standard InChI is InChI=1S/C19H14N4O4S/c20-10-13-1-3-14(4-2-13)22-15-5-8-19(21-11-15)23-28(24,25)16-6-7-17-18(9-16)27-12-26-17/h1-9,11,22H,12H2,(H,21,23). The fourth-order valence-corrected chi connectivity index (χ4v) is 3.59. The van der Waals surface area contributed by atoms with Gasteiger partial charge in [0.25, 0.3) is 10.0 Å². The number of hydrogen-bond acceptors (Lipinski definition) is 7. The molecule has 2 aromatic carbocycles. The molecule has 0 saturated heterocycles. The van der Waals surface area contributed by atoms with Gasteiger partial charge >= 0.3 is 0 Å². The summed E-state index contributed by atoms with van der Waals surface area (Å²) in [6.07, 6.45) is 1.51. The zero-order chi connectivity index (χ0) is 19.6. The highest BCUT2D eigenvalue weighted by Crippen LogP contribution is 2.34. The Morgan fingerprint density at radius 3 is 2.43 bits per heavy atom. The van der Waals surface area contributed by atoms with Gasteiger partial charge in [-0.05, 0) is 48.5 Å². The molecule has 0 spiro atoms. The minimum Gasteiger partial charge on any atom is -0.454 e. The minimum absolute atomic E-state index is 0.0540. The van der Waals surface area contributed by atoms with Crippen LogP contribution in [0.5, 0.6) is 11.5 Å². The van der Waals surface area contributed by atoms with E-state index in [4.69, 9.17) is 14.7 Å². The van der Waals surface area contributed by atoms with E-state index in [2.05, 4.69) is 21.1 Å². The summed E-state index contributed by atoms with van der Waals surface area (Å²) in [6, 6.07) is 16.6. The van der Waals surface area contributed by atoms with Crippen LogP contribution in [0, 0.1) is 11.3 Å². The van der Waals surface area contributed by atoms with E-state index in [1.807, 2.05) is 0 Å². The molecule has 8 nitrogen and oxygen atoms in total. The van der Waals surface area contributed by atoms with Crippen molar-refractivity contribution in [2.24, 2.45) is 0 Å². The summed E-state index contributed by atoms with van der Waals surface area (Å²) in [5, 5.41) is 11.9. The maximum Gasteiger partial charge on any atom is 0.263 e. The fourth-order valence-electron chi connectivity index (χ4n) is 2.56. The summed E-state index contributed by atoms with van der Waals surface area (Å²) in [7, 11) is -3.81. The third kappa shape index (κ3) is 3.67. The van der Waals surface area contributed by atoms with Crippen LogP contribution in [0.4, 0.5) is 17.2 Å². The van der Waals surface area contributed by atoms with Gasteiger partial charge in [-0.3, -0.25) is 4.72 Å². The van der Waals surface area contributed by atoms with Crippen LogP contribution in [0.3, 0.4) is 0 Å². The second-order valence-corrected chi connectivity index (χ2v) is 7.55. The first-order valence-electron chi connectivity index (χ1n) is 8.19. The number of benzene rings is 2. The molecule has 1 aliphatic rings. The zero-order valence-electron chi connectivity index (χ0n) is 14.4. The lowest BCUT2D eigenvalue weighted by Crippen LogP contribution is -2.13. The lowest BCUT2D eigenvalue weighted by atomic mass is 10.2. The van der Waals surface area contributed by atoms with Crippen molar-refractivity contribution in [3.05, 3.63) is 66.4 Å². The Kier molecular flexibility index (Phi) is 4.47. The smallest absolute Gasteiger partial charge is 0.263 e. The van der Waals surface area contributed by atoms with Crippen molar-refractivity contribution in [1.29, 1.82) is 5.26 Å². The highest BCUT2D eigenvalue weighted by atomic mass is 32.2. The molecule has 1 aromatic heterocycles. The average molecular weight is 394 g/mol. The molecule has 0 fully saturated rings. The molecular formula is C19H14N4O4S. The molecule has 9 heteroatoms. The summed E-state index contributed by atoms with van der Waals surface area (Å²) < 4.78 is 37.9. The number of ether oxygens (including phenoxy) is 2. The van der Waals surface area contributed by atoms with E-state index in [1.165, 1.54) is 18.3 Å². The molecule has 2 heterocycles. The van der Waals surface area contributed by atoms with Gasteiger partial charge in [-0.1, -0.05) is 0 Å². The molecule has 0 aliphatic carbocycles. The van der Waals surface area contributed by atoms with E-state index in [1.54, 1.807) is 42.5 Å². The predicted molar refractivity (Wildman–Crippen MR) is 102 cm³/mol. The summed E-state index contributed by atoms with van der Waals surface area (Å²) in [5.41, 5.74) is 2.03. The summed E-state index contributed by atoms with van der Waals surface area (Å²) >= 11 is 0. The lowest BCUT2D eigenvalue weighted by Gasteiger charge is -2.10. The van der Waals surface area contributed by atoms with Crippen molar-refractivity contribution in [2.45, 2.75) is 4.90 Å². The number of pyridine rings is 1. The zero-order valence-corrected chi connectivity index (χ0v) is 15.2. The van der Waals surface area contributed by atoms with Crippen molar-refractivity contribution in [1.82, 2.24) is 4.98 Å². The average Bonchev–Trinajstić information content (AvgIpc) is 3.18. The number of nitrogens with one attached hydrogen (secondary N) is 2. The van der Waals surface area contributed by atoms with Crippen LogP contribution in [0.15, 0.2) is 65.7 Å². The van der Waals surface area contributed by atoms with E-state index < -0.39 is 10.0 Å². The van der Waals surface area contributed by atoms with Gasteiger partial charge in [0.15, 0.2) is 11.5 Å².